The van der Waals surface area contributed by atoms with Crippen molar-refractivity contribution in [3.63, 3.8) is 0 Å². The van der Waals surface area contributed by atoms with Crippen LogP contribution in [0, 0.1) is 0 Å². The molecule has 3 N–H and O–H groups in total. The first-order chi connectivity index (χ1) is 11.4. The molecule has 0 saturated carbocycles. The van der Waals surface area contributed by atoms with E-state index in [9.17, 15) is 14.4 Å². The fraction of sp³-hybridized carbons (Fsp3) is 0.471. The fourth-order valence-electron chi connectivity index (χ4n) is 1.78. The normalized spacial score (nSPS) is 11.6. The maximum absolute atomic E-state index is 11.9. The van der Waals surface area contributed by atoms with Crippen molar-refractivity contribution in [2.75, 3.05) is 16.8 Å². The molecule has 0 aliphatic heterocycles. The van der Waals surface area contributed by atoms with E-state index in [1.54, 1.807) is 36.0 Å². The molecule has 0 aliphatic rings. The standard InChI is InChI=1S/C17H24N2O4S/c1-3-4-10-24-11-9-15(20)19-14-7-5-13(6-8-14)16(21)18-12(2)17(22)23/h5-8,12H,3-4,9-11H2,1-2H3,(H,18,21)(H,19,20)(H,22,23). The van der Waals surface area contributed by atoms with Gasteiger partial charge < -0.3 is 15.7 Å². The van der Waals surface area contributed by atoms with Gasteiger partial charge in [0.15, 0.2) is 0 Å². The molecule has 6 nitrogen and oxygen atoms in total. The van der Waals surface area contributed by atoms with Gasteiger partial charge in [0.25, 0.3) is 5.91 Å². The molecule has 0 aromatic heterocycles. The first-order valence-corrected chi connectivity index (χ1v) is 9.10. The van der Waals surface area contributed by atoms with Crippen molar-refractivity contribution in [3.8, 4) is 0 Å². The number of rotatable bonds is 10. The smallest absolute Gasteiger partial charge is 0.325 e. The Kier molecular flexibility index (Phi) is 8.93. The SMILES string of the molecule is CCCCSCCC(=O)Nc1ccc(C(=O)NC(C)C(=O)O)cc1. The summed E-state index contributed by atoms with van der Waals surface area (Å²) in [5.74, 6) is 0.247. The second-order valence-electron chi connectivity index (χ2n) is 5.37. The van der Waals surface area contributed by atoms with E-state index in [-0.39, 0.29) is 5.91 Å². The molecular formula is C17H24N2O4S. The third-order valence-electron chi connectivity index (χ3n) is 3.26. The molecule has 7 heteroatoms. The molecule has 0 saturated heterocycles. The molecule has 1 aromatic rings. The van der Waals surface area contributed by atoms with Gasteiger partial charge in [0.1, 0.15) is 6.04 Å². The van der Waals surface area contributed by atoms with E-state index in [0.29, 0.717) is 17.7 Å². The van der Waals surface area contributed by atoms with Crippen LogP contribution in [-0.4, -0.2) is 40.4 Å². The number of unbranched alkanes of at least 4 members (excludes halogenated alkanes) is 1. The predicted octanol–water partition coefficient (Wildman–Crippen LogP) is 2.75. The quantitative estimate of drug-likeness (QED) is 0.563. The Morgan fingerprint density at radius 3 is 2.42 bits per heavy atom. The lowest BCUT2D eigenvalue weighted by Gasteiger charge is -2.10. The average Bonchev–Trinajstić information content (AvgIpc) is 2.55. The Labute approximate surface area is 146 Å². The van der Waals surface area contributed by atoms with E-state index in [2.05, 4.69) is 17.6 Å². The largest absolute Gasteiger partial charge is 0.480 e. The summed E-state index contributed by atoms with van der Waals surface area (Å²) >= 11 is 1.77. The molecule has 0 heterocycles. The number of benzene rings is 1. The minimum absolute atomic E-state index is 0.0595. The van der Waals surface area contributed by atoms with E-state index < -0.39 is 17.9 Å². The van der Waals surface area contributed by atoms with E-state index in [1.165, 1.54) is 6.92 Å². The van der Waals surface area contributed by atoms with Crippen LogP contribution in [0.4, 0.5) is 5.69 Å². The number of hydrogen-bond acceptors (Lipinski definition) is 4. The Bertz CT molecular complexity index is 560. The summed E-state index contributed by atoms with van der Waals surface area (Å²) in [5, 5.41) is 13.9. The van der Waals surface area contributed by atoms with Crippen molar-refractivity contribution < 1.29 is 19.5 Å². The van der Waals surface area contributed by atoms with Crippen LogP contribution < -0.4 is 10.6 Å². The molecule has 24 heavy (non-hydrogen) atoms. The van der Waals surface area contributed by atoms with E-state index in [1.807, 2.05) is 0 Å². The van der Waals surface area contributed by atoms with Crippen molar-refractivity contribution in [1.29, 1.82) is 0 Å². The maximum Gasteiger partial charge on any atom is 0.325 e. The van der Waals surface area contributed by atoms with Gasteiger partial charge in [0.2, 0.25) is 5.91 Å². The van der Waals surface area contributed by atoms with Crippen molar-refractivity contribution in [1.82, 2.24) is 5.32 Å². The van der Waals surface area contributed by atoms with Gasteiger partial charge in [-0.3, -0.25) is 14.4 Å². The Morgan fingerprint density at radius 2 is 1.83 bits per heavy atom. The number of aliphatic carboxylic acids is 1. The summed E-state index contributed by atoms with van der Waals surface area (Å²) in [6.07, 6.45) is 2.77. The van der Waals surface area contributed by atoms with Gasteiger partial charge in [0.05, 0.1) is 0 Å². The van der Waals surface area contributed by atoms with Crippen LogP contribution in [-0.2, 0) is 9.59 Å². The van der Waals surface area contributed by atoms with Gasteiger partial charge in [-0.1, -0.05) is 13.3 Å². The summed E-state index contributed by atoms with van der Waals surface area (Å²) in [6.45, 7) is 3.53. The zero-order valence-corrected chi connectivity index (χ0v) is 14.8. The van der Waals surface area contributed by atoms with Gasteiger partial charge in [-0.05, 0) is 43.4 Å². The van der Waals surface area contributed by atoms with Crippen LogP contribution in [0.2, 0.25) is 0 Å². The van der Waals surface area contributed by atoms with Crippen LogP contribution >= 0.6 is 11.8 Å². The van der Waals surface area contributed by atoms with E-state index in [4.69, 9.17) is 5.11 Å². The monoisotopic (exact) mass is 352 g/mol. The topological polar surface area (TPSA) is 95.5 Å². The molecule has 0 aliphatic carbocycles. The van der Waals surface area contributed by atoms with Gasteiger partial charge in [-0.15, -0.1) is 0 Å². The maximum atomic E-state index is 11.9. The minimum Gasteiger partial charge on any atom is -0.480 e. The zero-order chi connectivity index (χ0) is 17.9. The molecular weight excluding hydrogens is 328 g/mol. The number of carboxylic acid groups (broad SMARTS) is 1. The van der Waals surface area contributed by atoms with E-state index in [0.717, 1.165) is 24.3 Å². The lowest BCUT2D eigenvalue weighted by Crippen LogP contribution is -2.38. The van der Waals surface area contributed by atoms with Crippen molar-refractivity contribution in [2.45, 2.75) is 39.2 Å². The summed E-state index contributed by atoms with van der Waals surface area (Å²) in [5.41, 5.74) is 0.956. The second kappa shape index (κ2) is 10.7. The highest BCUT2D eigenvalue weighted by molar-refractivity contribution is 7.99. The second-order valence-corrected chi connectivity index (χ2v) is 6.60. The molecule has 1 atom stereocenters. The summed E-state index contributed by atoms with van der Waals surface area (Å²) in [6, 6.07) is 5.40. The number of nitrogens with one attached hydrogen (secondary N) is 2. The van der Waals surface area contributed by atoms with Gasteiger partial charge in [-0.2, -0.15) is 11.8 Å². The number of carboxylic acids is 1. The van der Waals surface area contributed by atoms with Crippen LogP contribution in [0.5, 0.6) is 0 Å². The molecule has 1 rings (SSSR count). The lowest BCUT2D eigenvalue weighted by molar-refractivity contribution is -0.138. The van der Waals surface area contributed by atoms with E-state index >= 15 is 0 Å². The van der Waals surface area contributed by atoms with Crippen LogP contribution in [0.15, 0.2) is 24.3 Å². The number of amides is 2. The molecule has 1 aromatic carbocycles. The lowest BCUT2D eigenvalue weighted by atomic mass is 10.2. The number of carbonyl (C=O) groups excluding carboxylic acids is 2. The highest BCUT2D eigenvalue weighted by Gasteiger charge is 2.15. The average molecular weight is 352 g/mol. The molecule has 2 amide bonds. The predicted molar refractivity (Wildman–Crippen MR) is 96.5 cm³/mol. The molecule has 132 valence electrons. The first-order valence-electron chi connectivity index (χ1n) is 7.95. The number of anilines is 1. The fourth-order valence-corrected chi connectivity index (χ4v) is 2.81. The third kappa shape index (κ3) is 7.50. The summed E-state index contributed by atoms with van der Waals surface area (Å²) in [4.78, 5) is 34.4. The minimum atomic E-state index is -1.09. The van der Waals surface area contributed by atoms with Crippen LogP contribution in [0.25, 0.3) is 0 Å². The zero-order valence-electron chi connectivity index (χ0n) is 14.0. The number of thioether (sulfide) groups is 1. The molecule has 1 unspecified atom stereocenters. The number of hydrogen-bond donors (Lipinski definition) is 3. The summed E-state index contributed by atoms with van der Waals surface area (Å²) < 4.78 is 0. The van der Waals surface area contributed by atoms with Crippen LogP contribution in [0.1, 0.15) is 43.5 Å². The Balaban J connectivity index is 2.42. The van der Waals surface area contributed by atoms with Gasteiger partial charge in [0, 0.05) is 23.4 Å². The highest BCUT2D eigenvalue weighted by atomic mass is 32.2. The Morgan fingerprint density at radius 1 is 1.17 bits per heavy atom. The third-order valence-corrected chi connectivity index (χ3v) is 4.33. The van der Waals surface area contributed by atoms with Crippen molar-refractivity contribution >= 4 is 35.2 Å². The van der Waals surface area contributed by atoms with Crippen molar-refractivity contribution in [3.05, 3.63) is 29.8 Å². The van der Waals surface area contributed by atoms with Crippen LogP contribution in [0.3, 0.4) is 0 Å². The molecule has 0 spiro atoms. The first kappa shape index (κ1) is 20.0. The van der Waals surface area contributed by atoms with Crippen molar-refractivity contribution in [2.24, 2.45) is 0 Å². The molecule has 0 radical (unpaired) electrons. The van der Waals surface area contributed by atoms with Gasteiger partial charge in [-0.25, -0.2) is 0 Å². The molecule has 0 fully saturated rings. The van der Waals surface area contributed by atoms with Gasteiger partial charge >= 0.3 is 5.97 Å². The Hall–Kier alpha value is -2.02. The molecule has 0 bridgehead atoms. The highest BCUT2D eigenvalue weighted by Crippen LogP contribution is 2.12. The summed E-state index contributed by atoms with van der Waals surface area (Å²) in [7, 11) is 0. The number of carbonyl (C=O) groups is 3.